The van der Waals surface area contributed by atoms with Gasteiger partial charge in [-0.05, 0) is 55.1 Å². The zero-order valence-corrected chi connectivity index (χ0v) is 13.9. The van der Waals surface area contributed by atoms with Crippen LogP contribution in [0.3, 0.4) is 0 Å². The summed E-state index contributed by atoms with van der Waals surface area (Å²) >= 11 is 0. The van der Waals surface area contributed by atoms with E-state index in [1.807, 2.05) is 0 Å². The second kappa shape index (κ2) is 7.95. The van der Waals surface area contributed by atoms with Crippen LogP contribution in [-0.4, -0.2) is 19.5 Å². The molecule has 0 radical (unpaired) electrons. The highest BCUT2D eigenvalue weighted by Crippen LogP contribution is 2.22. The van der Waals surface area contributed by atoms with Crippen LogP contribution in [0.2, 0.25) is 0 Å². The Morgan fingerprint density at radius 3 is 2.48 bits per heavy atom. The van der Waals surface area contributed by atoms with Crippen molar-refractivity contribution in [3.05, 3.63) is 35.4 Å². The maximum atomic E-state index is 5.76. The summed E-state index contributed by atoms with van der Waals surface area (Å²) < 4.78 is 11.3. The quantitative estimate of drug-likeness (QED) is 0.697. The van der Waals surface area contributed by atoms with Crippen molar-refractivity contribution in [2.24, 2.45) is 0 Å². The molecule has 1 fully saturated rings. The van der Waals surface area contributed by atoms with Gasteiger partial charge in [0.25, 0.3) is 0 Å². The molecule has 1 unspecified atom stereocenters. The second-order valence-corrected chi connectivity index (χ2v) is 7.07. The molecule has 0 aliphatic carbocycles. The summed E-state index contributed by atoms with van der Waals surface area (Å²) in [4.78, 5) is 0. The first-order valence-electron chi connectivity index (χ1n) is 8.38. The smallest absolute Gasteiger partial charge is 0.157 e. The maximum Gasteiger partial charge on any atom is 0.157 e. The zero-order chi connectivity index (χ0) is 15.1. The highest BCUT2D eigenvalue weighted by molar-refractivity contribution is 5.27. The van der Waals surface area contributed by atoms with Crippen LogP contribution >= 0.6 is 0 Å². The molecule has 1 heterocycles. The first-order chi connectivity index (χ1) is 10.1. The summed E-state index contributed by atoms with van der Waals surface area (Å²) in [7, 11) is 0. The van der Waals surface area contributed by atoms with Gasteiger partial charge in [-0.2, -0.15) is 0 Å². The molecule has 1 aliphatic heterocycles. The van der Waals surface area contributed by atoms with E-state index in [2.05, 4.69) is 45.0 Å². The molecule has 0 saturated carbocycles. The summed E-state index contributed by atoms with van der Waals surface area (Å²) in [5.74, 6) is 0. The third-order valence-electron chi connectivity index (χ3n) is 4.12. The summed E-state index contributed by atoms with van der Waals surface area (Å²) in [6, 6.07) is 9.07. The van der Waals surface area contributed by atoms with Crippen molar-refractivity contribution in [2.75, 3.05) is 13.2 Å². The molecule has 0 N–H and O–H groups in total. The van der Waals surface area contributed by atoms with Crippen molar-refractivity contribution in [3.63, 3.8) is 0 Å². The summed E-state index contributed by atoms with van der Waals surface area (Å²) in [5.41, 5.74) is 3.08. The number of ether oxygens (including phenoxy) is 2. The minimum Gasteiger partial charge on any atom is -0.353 e. The number of unbranched alkanes of at least 4 members (excludes halogenated alkanes) is 1. The normalized spacial score (nSPS) is 19.7. The first kappa shape index (κ1) is 16.5. The van der Waals surface area contributed by atoms with Gasteiger partial charge in [0, 0.05) is 13.2 Å². The van der Waals surface area contributed by atoms with Crippen molar-refractivity contribution < 1.29 is 9.47 Å². The van der Waals surface area contributed by atoms with Crippen molar-refractivity contribution in [1.82, 2.24) is 0 Å². The van der Waals surface area contributed by atoms with Gasteiger partial charge in [0.15, 0.2) is 6.29 Å². The van der Waals surface area contributed by atoms with Crippen LogP contribution in [0.15, 0.2) is 24.3 Å². The van der Waals surface area contributed by atoms with Gasteiger partial charge in [-0.1, -0.05) is 45.0 Å². The summed E-state index contributed by atoms with van der Waals surface area (Å²) in [6.07, 6.45) is 6.98. The SMILES string of the molecule is CC(C)(C)c1ccc(CCCCOC2CCCCO2)cc1. The van der Waals surface area contributed by atoms with Crippen molar-refractivity contribution in [1.29, 1.82) is 0 Å². The van der Waals surface area contributed by atoms with Crippen LogP contribution in [0.5, 0.6) is 0 Å². The number of benzene rings is 1. The lowest BCUT2D eigenvalue weighted by Gasteiger charge is -2.22. The van der Waals surface area contributed by atoms with Crippen molar-refractivity contribution in [3.8, 4) is 0 Å². The highest BCUT2D eigenvalue weighted by atomic mass is 16.7. The predicted octanol–water partition coefficient (Wildman–Crippen LogP) is 4.85. The molecule has 0 amide bonds. The fourth-order valence-electron chi connectivity index (χ4n) is 2.66. The molecular formula is C19H30O2. The second-order valence-electron chi connectivity index (χ2n) is 7.07. The molecule has 118 valence electrons. The molecule has 0 aromatic heterocycles. The van der Waals surface area contributed by atoms with E-state index in [0.29, 0.717) is 0 Å². The van der Waals surface area contributed by atoms with Crippen molar-refractivity contribution in [2.45, 2.75) is 71.0 Å². The molecule has 0 spiro atoms. The van der Waals surface area contributed by atoms with Gasteiger partial charge >= 0.3 is 0 Å². The lowest BCUT2D eigenvalue weighted by molar-refractivity contribution is -0.162. The minimum absolute atomic E-state index is 0.0600. The predicted molar refractivity (Wildman–Crippen MR) is 87.6 cm³/mol. The van der Waals surface area contributed by atoms with Crippen LogP contribution in [0.1, 0.15) is 64.0 Å². The molecule has 2 rings (SSSR count). The van der Waals surface area contributed by atoms with E-state index in [0.717, 1.165) is 32.5 Å². The number of aryl methyl sites for hydroxylation is 1. The fraction of sp³-hybridized carbons (Fsp3) is 0.684. The number of hydrogen-bond acceptors (Lipinski definition) is 2. The molecule has 2 nitrogen and oxygen atoms in total. The molecule has 1 aromatic carbocycles. The Labute approximate surface area is 129 Å². The Kier molecular flexibility index (Phi) is 6.25. The van der Waals surface area contributed by atoms with E-state index in [4.69, 9.17) is 9.47 Å². The Morgan fingerprint density at radius 2 is 1.86 bits per heavy atom. The van der Waals surface area contributed by atoms with E-state index in [1.165, 1.54) is 30.4 Å². The first-order valence-corrected chi connectivity index (χ1v) is 8.38. The molecule has 1 aromatic rings. The lowest BCUT2D eigenvalue weighted by atomic mass is 9.86. The minimum atomic E-state index is 0.0600. The summed E-state index contributed by atoms with van der Waals surface area (Å²) in [6.45, 7) is 8.46. The van der Waals surface area contributed by atoms with Crippen LogP contribution in [0.4, 0.5) is 0 Å². The van der Waals surface area contributed by atoms with Crippen LogP contribution in [0.25, 0.3) is 0 Å². The maximum absolute atomic E-state index is 5.76. The molecular weight excluding hydrogens is 260 g/mol. The number of rotatable bonds is 6. The van der Waals surface area contributed by atoms with Gasteiger partial charge in [0.05, 0.1) is 0 Å². The van der Waals surface area contributed by atoms with Gasteiger partial charge in [-0.15, -0.1) is 0 Å². The highest BCUT2D eigenvalue weighted by Gasteiger charge is 2.14. The average molecular weight is 290 g/mol. The fourth-order valence-corrected chi connectivity index (χ4v) is 2.66. The van der Waals surface area contributed by atoms with Crippen LogP contribution in [-0.2, 0) is 21.3 Å². The largest absolute Gasteiger partial charge is 0.353 e. The van der Waals surface area contributed by atoms with Gasteiger partial charge in [0.2, 0.25) is 0 Å². The molecule has 1 atom stereocenters. The topological polar surface area (TPSA) is 18.5 Å². The van der Waals surface area contributed by atoms with E-state index in [1.54, 1.807) is 0 Å². The third kappa shape index (κ3) is 5.80. The summed E-state index contributed by atoms with van der Waals surface area (Å²) in [5, 5.41) is 0. The molecule has 1 saturated heterocycles. The van der Waals surface area contributed by atoms with Gasteiger partial charge in [0.1, 0.15) is 0 Å². The Bertz CT molecular complexity index is 397. The van der Waals surface area contributed by atoms with Crippen LogP contribution in [0, 0.1) is 0 Å². The Balaban J connectivity index is 1.62. The van der Waals surface area contributed by atoms with E-state index < -0.39 is 0 Å². The zero-order valence-electron chi connectivity index (χ0n) is 13.9. The monoisotopic (exact) mass is 290 g/mol. The standard InChI is InChI=1S/C19H30O2/c1-19(2,3)17-12-10-16(11-13-17)8-4-6-14-20-18-9-5-7-15-21-18/h10-13,18H,4-9,14-15H2,1-3H3. The van der Waals surface area contributed by atoms with Gasteiger partial charge in [-0.3, -0.25) is 0 Å². The number of hydrogen-bond donors (Lipinski definition) is 0. The molecule has 2 heteroatoms. The molecule has 1 aliphatic rings. The lowest BCUT2D eigenvalue weighted by Crippen LogP contribution is -2.22. The molecule has 0 bridgehead atoms. The van der Waals surface area contributed by atoms with E-state index in [9.17, 15) is 0 Å². The average Bonchev–Trinajstić information content (AvgIpc) is 2.47. The van der Waals surface area contributed by atoms with Gasteiger partial charge < -0.3 is 9.47 Å². The third-order valence-corrected chi connectivity index (χ3v) is 4.12. The Morgan fingerprint density at radius 1 is 1.10 bits per heavy atom. The van der Waals surface area contributed by atoms with Crippen molar-refractivity contribution >= 4 is 0 Å². The van der Waals surface area contributed by atoms with Crippen LogP contribution < -0.4 is 0 Å². The van der Waals surface area contributed by atoms with E-state index in [-0.39, 0.29) is 11.7 Å². The van der Waals surface area contributed by atoms with E-state index >= 15 is 0 Å². The Hall–Kier alpha value is -0.860. The van der Waals surface area contributed by atoms with Gasteiger partial charge in [-0.25, -0.2) is 0 Å². The molecule has 21 heavy (non-hydrogen) atoms.